The molecule has 2 amide bonds. The van der Waals surface area contributed by atoms with Crippen LogP contribution in [-0.4, -0.2) is 79.4 Å². The second-order valence-corrected chi connectivity index (χ2v) is 8.32. The maximum atomic E-state index is 12.6. The standard InChI is InChI=1S/C20H32N6O2/c1-24(2)18-13-19(22-14-21-18)26(16-3-4-16)17-5-9-25(10-6-17)20(27)23-15-7-11-28-12-8-15/h13-17H,3-12H2,1-2H3,(H,23,27). The molecule has 4 rings (SSSR count). The number of carbonyl (C=O) groups is 1. The fourth-order valence-electron chi connectivity index (χ4n) is 4.20. The molecule has 0 atom stereocenters. The van der Waals surface area contributed by atoms with Crippen LogP contribution in [0.1, 0.15) is 38.5 Å². The van der Waals surface area contributed by atoms with E-state index in [0.29, 0.717) is 12.1 Å². The third-order valence-electron chi connectivity index (χ3n) is 6.00. The molecule has 3 aliphatic rings. The first-order valence-electron chi connectivity index (χ1n) is 10.5. The number of nitrogens with one attached hydrogen (secondary N) is 1. The molecule has 2 aliphatic heterocycles. The quantitative estimate of drug-likeness (QED) is 0.830. The van der Waals surface area contributed by atoms with Gasteiger partial charge >= 0.3 is 6.03 Å². The van der Waals surface area contributed by atoms with E-state index in [0.717, 1.165) is 63.6 Å². The molecule has 0 spiro atoms. The predicted octanol–water partition coefficient (Wildman–Crippen LogP) is 1.86. The Hall–Kier alpha value is -2.09. The monoisotopic (exact) mass is 388 g/mol. The van der Waals surface area contributed by atoms with Crippen LogP contribution in [0, 0.1) is 0 Å². The first-order valence-corrected chi connectivity index (χ1v) is 10.5. The summed E-state index contributed by atoms with van der Waals surface area (Å²) < 4.78 is 5.38. The van der Waals surface area contributed by atoms with E-state index >= 15 is 0 Å². The molecule has 154 valence electrons. The van der Waals surface area contributed by atoms with Crippen molar-refractivity contribution in [3.05, 3.63) is 12.4 Å². The topological polar surface area (TPSA) is 73.8 Å². The average Bonchev–Trinajstić information content (AvgIpc) is 3.55. The zero-order valence-corrected chi connectivity index (χ0v) is 17.0. The van der Waals surface area contributed by atoms with E-state index in [1.807, 2.05) is 23.9 Å². The summed E-state index contributed by atoms with van der Waals surface area (Å²) in [5.74, 6) is 1.95. The van der Waals surface area contributed by atoms with Crippen LogP contribution in [0.15, 0.2) is 12.4 Å². The number of aromatic nitrogens is 2. The van der Waals surface area contributed by atoms with Crippen molar-refractivity contribution in [2.45, 2.75) is 56.7 Å². The maximum absolute atomic E-state index is 12.6. The highest BCUT2D eigenvalue weighted by atomic mass is 16.5. The molecule has 0 bridgehead atoms. The molecule has 1 aromatic heterocycles. The van der Waals surface area contributed by atoms with E-state index in [1.54, 1.807) is 6.33 Å². The molecule has 28 heavy (non-hydrogen) atoms. The molecule has 8 heteroatoms. The van der Waals surface area contributed by atoms with Gasteiger partial charge in [0.25, 0.3) is 0 Å². The fraction of sp³-hybridized carbons (Fsp3) is 0.750. The van der Waals surface area contributed by atoms with Gasteiger partial charge in [-0.1, -0.05) is 0 Å². The van der Waals surface area contributed by atoms with Gasteiger partial charge < -0.3 is 24.8 Å². The number of piperidine rings is 1. The number of rotatable bonds is 5. The molecule has 8 nitrogen and oxygen atoms in total. The summed E-state index contributed by atoms with van der Waals surface area (Å²) in [4.78, 5) is 28.0. The number of nitrogens with zero attached hydrogens (tertiary/aromatic N) is 5. The number of carbonyl (C=O) groups excluding carboxylic acids is 1. The van der Waals surface area contributed by atoms with Crippen LogP contribution in [0.5, 0.6) is 0 Å². The SMILES string of the molecule is CN(C)c1cc(N(C2CC2)C2CCN(C(=O)NC3CCOCC3)CC2)ncn1. The highest BCUT2D eigenvalue weighted by molar-refractivity contribution is 5.74. The zero-order valence-electron chi connectivity index (χ0n) is 17.0. The molecule has 1 aliphatic carbocycles. The summed E-state index contributed by atoms with van der Waals surface area (Å²) in [5, 5.41) is 3.19. The molecule has 1 N–H and O–H groups in total. The Morgan fingerprint density at radius 3 is 2.32 bits per heavy atom. The minimum absolute atomic E-state index is 0.0836. The van der Waals surface area contributed by atoms with Crippen LogP contribution < -0.4 is 15.1 Å². The lowest BCUT2D eigenvalue weighted by Gasteiger charge is -2.40. The lowest BCUT2D eigenvalue weighted by Crippen LogP contribution is -2.52. The van der Waals surface area contributed by atoms with Crippen LogP contribution in [0.4, 0.5) is 16.4 Å². The molecular formula is C20H32N6O2. The first-order chi connectivity index (χ1) is 13.6. The van der Waals surface area contributed by atoms with E-state index in [2.05, 4.69) is 26.3 Å². The average molecular weight is 389 g/mol. The molecule has 2 saturated heterocycles. The van der Waals surface area contributed by atoms with E-state index in [4.69, 9.17) is 4.74 Å². The molecule has 1 aromatic rings. The summed E-state index contributed by atoms with van der Waals surface area (Å²) in [6.07, 6.45) is 7.92. The van der Waals surface area contributed by atoms with Gasteiger partial charge in [-0.05, 0) is 38.5 Å². The first kappa shape index (κ1) is 19.2. The summed E-state index contributed by atoms with van der Waals surface area (Å²) in [7, 11) is 4.01. The van der Waals surface area contributed by atoms with Gasteiger partial charge in [-0.2, -0.15) is 0 Å². The van der Waals surface area contributed by atoms with Crippen LogP contribution in [-0.2, 0) is 4.74 Å². The van der Waals surface area contributed by atoms with Crippen molar-refractivity contribution in [3.8, 4) is 0 Å². The van der Waals surface area contributed by atoms with Crippen LogP contribution >= 0.6 is 0 Å². The summed E-state index contributed by atoms with van der Waals surface area (Å²) in [5.41, 5.74) is 0. The normalized spacial score (nSPS) is 21.4. The number of likely N-dealkylation sites (tertiary alicyclic amines) is 1. The van der Waals surface area contributed by atoms with Crippen molar-refractivity contribution in [2.24, 2.45) is 0 Å². The van der Waals surface area contributed by atoms with Crippen molar-refractivity contribution >= 4 is 17.7 Å². The highest BCUT2D eigenvalue weighted by Gasteiger charge is 2.37. The molecular weight excluding hydrogens is 356 g/mol. The Bertz CT molecular complexity index is 666. The van der Waals surface area contributed by atoms with Gasteiger partial charge in [0.1, 0.15) is 18.0 Å². The second-order valence-electron chi connectivity index (χ2n) is 8.32. The third-order valence-corrected chi connectivity index (χ3v) is 6.00. The summed E-state index contributed by atoms with van der Waals surface area (Å²) in [6.45, 7) is 3.09. The second kappa shape index (κ2) is 8.51. The predicted molar refractivity (Wildman–Crippen MR) is 109 cm³/mol. The largest absolute Gasteiger partial charge is 0.381 e. The minimum Gasteiger partial charge on any atom is -0.381 e. The summed E-state index contributed by atoms with van der Waals surface area (Å²) >= 11 is 0. The van der Waals surface area contributed by atoms with Crippen molar-refractivity contribution in [3.63, 3.8) is 0 Å². The van der Waals surface area contributed by atoms with Crippen LogP contribution in [0.25, 0.3) is 0 Å². The maximum Gasteiger partial charge on any atom is 0.317 e. The lowest BCUT2D eigenvalue weighted by atomic mass is 10.0. The smallest absolute Gasteiger partial charge is 0.317 e. The van der Waals surface area contributed by atoms with Crippen molar-refractivity contribution in [2.75, 3.05) is 50.2 Å². The van der Waals surface area contributed by atoms with Gasteiger partial charge in [0, 0.05) is 64.6 Å². The molecule has 0 unspecified atom stereocenters. The number of hydrogen-bond donors (Lipinski definition) is 1. The van der Waals surface area contributed by atoms with Crippen LogP contribution in [0.3, 0.4) is 0 Å². The third kappa shape index (κ3) is 4.48. The molecule has 0 radical (unpaired) electrons. The van der Waals surface area contributed by atoms with Crippen LogP contribution in [0.2, 0.25) is 0 Å². The summed E-state index contributed by atoms with van der Waals surface area (Å²) in [6, 6.07) is 3.44. The highest BCUT2D eigenvalue weighted by Crippen LogP contribution is 2.36. The van der Waals surface area contributed by atoms with E-state index in [1.165, 1.54) is 12.8 Å². The number of amides is 2. The number of hydrogen-bond acceptors (Lipinski definition) is 6. The lowest BCUT2D eigenvalue weighted by molar-refractivity contribution is 0.0774. The Morgan fingerprint density at radius 2 is 1.68 bits per heavy atom. The van der Waals surface area contributed by atoms with Gasteiger partial charge in [0.15, 0.2) is 0 Å². The van der Waals surface area contributed by atoms with Crippen molar-refractivity contribution in [1.29, 1.82) is 0 Å². The van der Waals surface area contributed by atoms with Gasteiger partial charge in [-0.3, -0.25) is 0 Å². The van der Waals surface area contributed by atoms with Gasteiger partial charge in [-0.15, -0.1) is 0 Å². The number of anilines is 2. The molecule has 3 heterocycles. The Morgan fingerprint density at radius 1 is 1.04 bits per heavy atom. The Balaban J connectivity index is 1.36. The Kier molecular flexibility index (Phi) is 5.85. The molecule has 3 fully saturated rings. The van der Waals surface area contributed by atoms with E-state index in [-0.39, 0.29) is 12.1 Å². The Labute approximate surface area is 167 Å². The number of ether oxygens (including phenoxy) is 1. The molecule has 1 saturated carbocycles. The molecule has 0 aromatic carbocycles. The zero-order chi connectivity index (χ0) is 19.5. The van der Waals surface area contributed by atoms with E-state index in [9.17, 15) is 4.79 Å². The van der Waals surface area contributed by atoms with Gasteiger partial charge in [0.05, 0.1) is 0 Å². The van der Waals surface area contributed by atoms with E-state index < -0.39 is 0 Å². The fourth-order valence-corrected chi connectivity index (χ4v) is 4.20. The van der Waals surface area contributed by atoms with Gasteiger partial charge in [-0.25, -0.2) is 14.8 Å². The minimum atomic E-state index is 0.0836. The van der Waals surface area contributed by atoms with Gasteiger partial charge in [0.2, 0.25) is 0 Å². The van der Waals surface area contributed by atoms with Crippen molar-refractivity contribution < 1.29 is 9.53 Å². The number of urea groups is 1. The van der Waals surface area contributed by atoms with Crippen molar-refractivity contribution in [1.82, 2.24) is 20.2 Å².